The first-order valence-electron chi connectivity index (χ1n) is 10.7. The SMILES string of the molecule is O=C(COc1ccc(Sc2ncnc3sc4c(c23)CCCC4)cc1)N1CCCCC1. The third-order valence-electron chi connectivity index (χ3n) is 5.83. The van der Waals surface area contributed by atoms with E-state index in [0.29, 0.717) is 0 Å². The van der Waals surface area contributed by atoms with Gasteiger partial charge in [0, 0.05) is 28.2 Å². The van der Waals surface area contributed by atoms with E-state index < -0.39 is 0 Å². The molecule has 0 N–H and O–H groups in total. The van der Waals surface area contributed by atoms with Crippen LogP contribution in [0.5, 0.6) is 5.75 Å². The summed E-state index contributed by atoms with van der Waals surface area (Å²) in [6.45, 7) is 1.83. The van der Waals surface area contributed by atoms with Crippen molar-refractivity contribution >= 4 is 39.2 Å². The zero-order chi connectivity index (χ0) is 20.3. The summed E-state index contributed by atoms with van der Waals surface area (Å²) >= 11 is 3.50. The van der Waals surface area contributed by atoms with Gasteiger partial charge in [0.1, 0.15) is 21.9 Å². The average molecular weight is 440 g/mol. The van der Waals surface area contributed by atoms with Crippen molar-refractivity contribution in [2.45, 2.75) is 54.9 Å². The van der Waals surface area contributed by atoms with E-state index in [9.17, 15) is 4.79 Å². The van der Waals surface area contributed by atoms with Crippen LogP contribution in [-0.2, 0) is 17.6 Å². The minimum Gasteiger partial charge on any atom is -0.484 e. The Morgan fingerprint density at radius 3 is 2.67 bits per heavy atom. The van der Waals surface area contributed by atoms with E-state index in [1.807, 2.05) is 40.5 Å². The second-order valence-electron chi connectivity index (χ2n) is 7.87. The topological polar surface area (TPSA) is 55.3 Å². The highest BCUT2D eigenvalue weighted by atomic mass is 32.2. The molecule has 156 valence electrons. The highest BCUT2D eigenvalue weighted by Gasteiger charge is 2.20. The molecule has 1 fully saturated rings. The molecule has 1 aliphatic carbocycles. The fraction of sp³-hybridized carbons (Fsp3) is 0.435. The Labute approximate surface area is 184 Å². The van der Waals surface area contributed by atoms with Gasteiger partial charge in [-0.05, 0) is 74.8 Å². The number of aryl methyl sites for hydroxylation is 2. The van der Waals surface area contributed by atoms with Crippen LogP contribution in [-0.4, -0.2) is 40.5 Å². The summed E-state index contributed by atoms with van der Waals surface area (Å²) in [5, 5.41) is 2.28. The number of fused-ring (bicyclic) bond motifs is 3. The number of aromatic nitrogens is 2. The second kappa shape index (κ2) is 8.94. The van der Waals surface area contributed by atoms with Crippen molar-refractivity contribution < 1.29 is 9.53 Å². The lowest BCUT2D eigenvalue weighted by Gasteiger charge is -2.26. The minimum atomic E-state index is 0.0822. The predicted molar refractivity (Wildman–Crippen MR) is 121 cm³/mol. The predicted octanol–water partition coefficient (Wildman–Crippen LogP) is 5.11. The first kappa shape index (κ1) is 19.8. The van der Waals surface area contributed by atoms with Crippen LogP contribution in [0.25, 0.3) is 10.2 Å². The molecule has 1 aliphatic heterocycles. The van der Waals surface area contributed by atoms with Crippen LogP contribution in [0.15, 0.2) is 40.5 Å². The number of nitrogens with zero attached hydrogens (tertiary/aromatic N) is 3. The number of carbonyl (C=O) groups is 1. The summed E-state index contributed by atoms with van der Waals surface area (Å²) in [5.41, 5.74) is 1.46. The Kier molecular flexibility index (Phi) is 5.91. The smallest absolute Gasteiger partial charge is 0.260 e. The quantitative estimate of drug-likeness (QED) is 0.517. The van der Waals surface area contributed by atoms with Crippen molar-refractivity contribution in [2.75, 3.05) is 19.7 Å². The van der Waals surface area contributed by atoms with Gasteiger partial charge >= 0.3 is 0 Å². The molecule has 2 aliphatic rings. The first-order chi connectivity index (χ1) is 14.8. The van der Waals surface area contributed by atoms with E-state index in [0.717, 1.165) is 52.9 Å². The molecule has 0 bridgehead atoms. The fourth-order valence-electron chi connectivity index (χ4n) is 4.23. The van der Waals surface area contributed by atoms with E-state index in [4.69, 9.17) is 4.74 Å². The monoisotopic (exact) mass is 439 g/mol. The molecule has 1 aromatic carbocycles. The molecular formula is C23H25N3O2S2. The third kappa shape index (κ3) is 4.18. The van der Waals surface area contributed by atoms with Gasteiger partial charge in [-0.2, -0.15) is 0 Å². The Hall–Kier alpha value is -2.12. The number of hydrogen-bond acceptors (Lipinski definition) is 6. The number of benzene rings is 1. The molecule has 3 aromatic rings. The molecule has 5 rings (SSSR count). The fourth-order valence-corrected chi connectivity index (χ4v) is 6.44. The summed E-state index contributed by atoms with van der Waals surface area (Å²) < 4.78 is 5.73. The lowest BCUT2D eigenvalue weighted by atomic mass is 9.97. The van der Waals surface area contributed by atoms with Gasteiger partial charge in [-0.15, -0.1) is 11.3 Å². The lowest BCUT2D eigenvalue weighted by molar-refractivity contribution is -0.134. The number of hydrogen-bond donors (Lipinski definition) is 0. The van der Waals surface area contributed by atoms with E-state index in [1.165, 1.54) is 41.5 Å². The van der Waals surface area contributed by atoms with Gasteiger partial charge in [-0.3, -0.25) is 4.79 Å². The van der Waals surface area contributed by atoms with Crippen LogP contribution in [0.3, 0.4) is 0 Å². The number of rotatable bonds is 5. The van der Waals surface area contributed by atoms with Gasteiger partial charge < -0.3 is 9.64 Å². The summed E-state index contributed by atoms with van der Waals surface area (Å²) in [7, 11) is 0. The summed E-state index contributed by atoms with van der Waals surface area (Å²) in [6.07, 6.45) is 9.92. The molecule has 0 radical (unpaired) electrons. The standard InChI is InChI=1S/C23H25N3O2S2/c27-20(26-12-4-1-5-13-26)14-28-16-8-10-17(11-9-16)29-22-21-18-6-2-3-7-19(18)30-23(21)25-15-24-22/h8-11,15H,1-7,12-14H2. The van der Waals surface area contributed by atoms with Gasteiger partial charge in [-0.1, -0.05) is 11.8 Å². The Balaban J connectivity index is 1.26. The number of carbonyl (C=O) groups excluding carboxylic acids is 1. The highest BCUT2D eigenvalue weighted by molar-refractivity contribution is 7.99. The normalized spacial score (nSPS) is 16.5. The maximum Gasteiger partial charge on any atom is 0.260 e. The zero-order valence-electron chi connectivity index (χ0n) is 16.9. The van der Waals surface area contributed by atoms with E-state index in [2.05, 4.69) is 9.97 Å². The summed E-state index contributed by atoms with van der Waals surface area (Å²) in [5.74, 6) is 0.809. The number of amides is 1. The molecule has 0 atom stereocenters. The van der Waals surface area contributed by atoms with Crippen LogP contribution >= 0.6 is 23.1 Å². The van der Waals surface area contributed by atoms with E-state index in [1.54, 1.807) is 18.1 Å². The molecule has 0 saturated carbocycles. The van der Waals surface area contributed by atoms with Crippen LogP contribution in [0.1, 0.15) is 42.5 Å². The third-order valence-corrected chi connectivity index (χ3v) is 8.04. The maximum atomic E-state index is 12.3. The van der Waals surface area contributed by atoms with Crippen LogP contribution < -0.4 is 4.74 Å². The number of thiophene rings is 1. The molecule has 0 unspecified atom stereocenters. The number of likely N-dealkylation sites (tertiary alicyclic amines) is 1. The number of ether oxygens (including phenoxy) is 1. The largest absolute Gasteiger partial charge is 0.484 e. The van der Waals surface area contributed by atoms with E-state index >= 15 is 0 Å². The van der Waals surface area contributed by atoms with Crippen molar-refractivity contribution in [3.05, 3.63) is 41.0 Å². The molecule has 2 aromatic heterocycles. The van der Waals surface area contributed by atoms with E-state index in [-0.39, 0.29) is 12.5 Å². The van der Waals surface area contributed by atoms with Gasteiger partial charge in [0.05, 0.1) is 0 Å². The summed E-state index contributed by atoms with van der Waals surface area (Å²) in [6, 6.07) is 7.96. The Morgan fingerprint density at radius 1 is 1.03 bits per heavy atom. The average Bonchev–Trinajstić information content (AvgIpc) is 3.18. The van der Waals surface area contributed by atoms with Crippen molar-refractivity contribution in [2.24, 2.45) is 0 Å². The van der Waals surface area contributed by atoms with Crippen molar-refractivity contribution in [3.63, 3.8) is 0 Å². The van der Waals surface area contributed by atoms with Gasteiger partial charge in [0.25, 0.3) is 5.91 Å². The molecule has 1 saturated heterocycles. The zero-order valence-corrected chi connectivity index (χ0v) is 18.6. The molecule has 0 spiro atoms. The second-order valence-corrected chi connectivity index (χ2v) is 10.0. The molecule has 3 heterocycles. The molecule has 1 amide bonds. The molecule has 7 heteroatoms. The maximum absolute atomic E-state index is 12.3. The lowest BCUT2D eigenvalue weighted by Crippen LogP contribution is -2.38. The van der Waals surface area contributed by atoms with Crippen LogP contribution in [0.2, 0.25) is 0 Å². The van der Waals surface area contributed by atoms with Gasteiger partial charge in [0.2, 0.25) is 0 Å². The first-order valence-corrected chi connectivity index (χ1v) is 12.3. The van der Waals surface area contributed by atoms with Crippen LogP contribution in [0.4, 0.5) is 0 Å². The van der Waals surface area contributed by atoms with Gasteiger partial charge in [-0.25, -0.2) is 9.97 Å². The van der Waals surface area contributed by atoms with Gasteiger partial charge in [0.15, 0.2) is 6.61 Å². The molecule has 30 heavy (non-hydrogen) atoms. The summed E-state index contributed by atoms with van der Waals surface area (Å²) in [4.78, 5) is 27.0. The number of piperidine rings is 1. The molecule has 5 nitrogen and oxygen atoms in total. The van der Waals surface area contributed by atoms with Crippen molar-refractivity contribution in [1.29, 1.82) is 0 Å². The minimum absolute atomic E-state index is 0.0822. The Morgan fingerprint density at radius 2 is 1.83 bits per heavy atom. The van der Waals surface area contributed by atoms with Crippen molar-refractivity contribution in [3.8, 4) is 5.75 Å². The Bertz CT molecular complexity index is 1040. The molecular weight excluding hydrogens is 414 g/mol. The van der Waals surface area contributed by atoms with Crippen LogP contribution in [0, 0.1) is 0 Å². The van der Waals surface area contributed by atoms with Crippen molar-refractivity contribution in [1.82, 2.24) is 14.9 Å². The highest BCUT2D eigenvalue weighted by Crippen LogP contribution is 2.41.